The Balaban J connectivity index is 0.00000552. The number of ketones is 1. The molecule has 48 heavy (non-hydrogen) atoms. The highest BCUT2D eigenvalue weighted by molar-refractivity contribution is 7.59. The van der Waals surface area contributed by atoms with Crippen molar-refractivity contribution in [1.29, 1.82) is 0 Å². The van der Waals surface area contributed by atoms with Gasteiger partial charge in [-0.3, -0.25) is 24.0 Å². The molecule has 0 aliphatic carbocycles. The third kappa shape index (κ3) is 11.0. The highest BCUT2D eigenvalue weighted by atomic mass is 32.1. The molecule has 0 radical (unpaired) electrons. The van der Waals surface area contributed by atoms with Crippen molar-refractivity contribution in [3.05, 3.63) is 36.0 Å². The molecule has 2 aromatic rings. The van der Waals surface area contributed by atoms with Gasteiger partial charge >= 0.3 is 0 Å². The monoisotopic (exact) mass is 745 g/mol. The number of Topliss-reactive ketones (excluding diaryl/α,β-unsaturated/α-hetero) is 1. The Morgan fingerprint density at radius 3 is 2.25 bits per heavy atom. The van der Waals surface area contributed by atoms with Gasteiger partial charge in [0.15, 0.2) is 0 Å². The van der Waals surface area contributed by atoms with Crippen LogP contribution in [-0.4, -0.2) is 76.9 Å². The van der Waals surface area contributed by atoms with Crippen molar-refractivity contribution in [2.24, 2.45) is 5.92 Å². The second-order valence-electron chi connectivity index (χ2n) is 12.1. The maximum absolute atomic E-state index is 14.0. The molecule has 1 unspecified atom stereocenters. The van der Waals surface area contributed by atoms with Crippen LogP contribution >= 0.6 is 54.0 Å². The van der Waals surface area contributed by atoms with Gasteiger partial charge in [0.1, 0.15) is 37.1 Å². The van der Waals surface area contributed by atoms with Gasteiger partial charge in [-0.15, -0.1) is 0 Å². The van der Waals surface area contributed by atoms with E-state index in [2.05, 4.69) is 16.0 Å². The molecular formula is C33H55N5O6S4. The van der Waals surface area contributed by atoms with Crippen molar-refractivity contribution in [2.75, 3.05) is 13.7 Å². The van der Waals surface area contributed by atoms with Crippen LogP contribution in [0.5, 0.6) is 0 Å². The van der Waals surface area contributed by atoms with E-state index in [1.807, 2.05) is 45.0 Å². The van der Waals surface area contributed by atoms with Gasteiger partial charge in [0.25, 0.3) is 0 Å². The van der Waals surface area contributed by atoms with Crippen LogP contribution in [0.25, 0.3) is 10.9 Å². The molecule has 2 saturated heterocycles. The number of unbranched alkanes of at least 4 members (excludes halogenated alkanes) is 2. The summed E-state index contributed by atoms with van der Waals surface area (Å²) in [5.74, 6) is -1.51. The van der Waals surface area contributed by atoms with Crippen molar-refractivity contribution in [1.82, 2.24) is 25.6 Å². The fraction of sp³-hybridized carbons (Fsp3) is 0.606. The predicted molar refractivity (Wildman–Crippen MR) is 208 cm³/mol. The lowest BCUT2D eigenvalue weighted by atomic mass is 9.95. The number of hydrogen-bond donors (Lipinski definition) is 3. The summed E-state index contributed by atoms with van der Waals surface area (Å²) in [6.07, 6.45) is 7.18. The first-order valence-electron chi connectivity index (χ1n) is 16.0. The molecule has 2 aliphatic rings. The number of nitrogens with one attached hydrogen (secondary N) is 3. The SMILES string of the molecule is CCC(=O)CCCCC[C@@H]1NC(=O)[C@H]2CCCN2C(=O)C([C@H](C)CC)NC(=O)[C@H](Cc2cn(OC)c3ccccc23)NC1=O.S.S.S.S. The summed E-state index contributed by atoms with van der Waals surface area (Å²) in [5.41, 5.74) is 1.62. The molecule has 0 saturated carbocycles. The minimum atomic E-state index is -1.01. The van der Waals surface area contributed by atoms with E-state index in [4.69, 9.17) is 4.84 Å². The smallest absolute Gasteiger partial charge is 0.246 e. The van der Waals surface area contributed by atoms with Gasteiger partial charge in [-0.05, 0) is 43.2 Å². The molecule has 5 atom stereocenters. The summed E-state index contributed by atoms with van der Waals surface area (Å²) in [7, 11) is 1.56. The third-order valence-corrected chi connectivity index (χ3v) is 9.11. The largest absolute Gasteiger partial charge is 0.417 e. The van der Waals surface area contributed by atoms with E-state index in [0.29, 0.717) is 57.9 Å². The van der Waals surface area contributed by atoms with Crippen LogP contribution in [0.3, 0.4) is 0 Å². The van der Waals surface area contributed by atoms with E-state index in [9.17, 15) is 24.0 Å². The van der Waals surface area contributed by atoms with Gasteiger partial charge in [0.2, 0.25) is 23.6 Å². The highest BCUT2D eigenvalue weighted by Gasteiger charge is 2.41. The molecule has 11 nitrogen and oxygen atoms in total. The average molecular weight is 746 g/mol. The first-order valence-corrected chi connectivity index (χ1v) is 16.0. The molecule has 1 aromatic carbocycles. The van der Waals surface area contributed by atoms with Gasteiger partial charge in [-0.1, -0.05) is 58.2 Å². The second kappa shape index (κ2) is 21.6. The fourth-order valence-electron chi connectivity index (χ4n) is 6.21. The number of hydrogen-bond acceptors (Lipinski definition) is 6. The van der Waals surface area contributed by atoms with E-state index in [0.717, 1.165) is 22.9 Å². The highest BCUT2D eigenvalue weighted by Crippen LogP contribution is 2.24. The normalized spacial score (nSPS) is 21.7. The minimum absolute atomic E-state index is 0. The third-order valence-electron chi connectivity index (χ3n) is 9.11. The summed E-state index contributed by atoms with van der Waals surface area (Å²) in [6.45, 7) is 6.12. The number of para-hydroxylation sites is 1. The van der Waals surface area contributed by atoms with Crippen molar-refractivity contribution < 1.29 is 28.8 Å². The zero-order valence-corrected chi connectivity index (χ0v) is 32.4. The molecule has 4 amide bonds. The van der Waals surface area contributed by atoms with Gasteiger partial charge in [-0.2, -0.15) is 58.7 Å². The number of aromatic nitrogens is 1. The average Bonchev–Trinajstić information content (AvgIpc) is 3.66. The van der Waals surface area contributed by atoms with Crippen molar-refractivity contribution in [3.63, 3.8) is 0 Å². The maximum Gasteiger partial charge on any atom is 0.246 e. The molecule has 2 aliphatic heterocycles. The lowest BCUT2D eigenvalue weighted by molar-refractivity contribution is -0.144. The Morgan fingerprint density at radius 2 is 1.58 bits per heavy atom. The first-order chi connectivity index (χ1) is 21.2. The molecule has 0 spiro atoms. The van der Waals surface area contributed by atoms with Crippen molar-refractivity contribution >= 4 is 94.3 Å². The van der Waals surface area contributed by atoms with Gasteiger partial charge in [-0.25, -0.2) is 0 Å². The standard InChI is InChI=1S/C33H47N5O6.4H2S/c1-5-21(3)29-33(43)37-18-12-17-28(37)32(42)34-25(15-9-7-8-13-23(39)6-2)30(40)35-26(31(41)36-29)19-22-20-38(44-4)27-16-11-10-14-24(22)27;;;;/h10-11,14,16,20-21,25-26,28-29H,5-9,12-13,15,17-19H2,1-4H3,(H,34,42)(H,35,40)(H,36,41);4*1H2/t21-,25+,26+,28-,29?;;;;/m1..../s1. The summed E-state index contributed by atoms with van der Waals surface area (Å²) in [6, 6.07) is 4.21. The van der Waals surface area contributed by atoms with E-state index < -0.39 is 36.0 Å². The summed E-state index contributed by atoms with van der Waals surface area (Å²) < 4.78 is 1.62. The van der Waals surface area contributed by atoms with Crippen LogP contribution in [0, 0.1) is 5.92 Å². The van der Waals surface area contributed by atoms with Crippen molar-refractivity contribution in [3.8, 4) is 0 Å². The van der Waals surface area contributed by atoms with E-state index >= 15 is 0 Å². The number of nitrogens with zero attached hydrogens (tertiary/aromatic N) is 2. The van der Waals surface area contributed by atoms with Crippen LogP contribution < -0.4 is 20.8 Å². The first kappa shape index (κ1) is 45.5. The number of benzene rings is 1. The topological polar surface area (TPSA) is 139 Å². The van der Waals surface area contributed by atoms with Crippen molar-refractivity contribution in [2.45, 2.75) is 109 Å². The number of amides is 4. The van der Waals surface area contributed by atoms with E-state index in [1.165, 1.54) is 0 Å². The van der Waals surface area contributed by atoms with Crippen LogP contribution in [0.4, 0.5) is 0 Å². The molecule has 1 aromatic heterocycles. The molecule has 272 valence electrons. The van der Waals surface area contributed by atoms with E-state index in [-0.39, 0.29) is 83.9 Å². The second-order valence-corrected chi connectivity index (χ2v) is 12.1. The molecule has 15 heteroatoms. The Morgan fingerprint density at radius 1 is 0.917 bits per heavy atom. The zero-order chi connectivity index (χ0) is 31.8. The molecule has 0 bridgehead atoms. The van der Waals surface area contributed by atoms with E-state index in [1.54, 1.807) is 22.9 Å². The van der Waals surface area contributed by atoms with Gasteiger partial charge in [0, 0.05) is 37.4 Å². The van der Waals surface area contributed by atoms with Crippen LogP contribution in [0.1, 0.15) is 84.1 Å². The molecule has 3 N–H and O–H groups in total. The Bertz CT molecular complexity index is 1380. The number of fused-ring (bicyclic) bond motifs is 2. The van der Waals surface area contributed by atoms with Gasteiger partial charge in [0.05, 0.1) is 5.52 Å². The molecule has 2 fully saturated rings. The Labute approximate surface area is 312 Å². The van der Waals surface area contributed by atoms with Crippen LogP contribution in [0.15, 0.2) is 30.5 Å². The summed E-state index contributed by atoms with van der Waals surface area (Å²) in [4.78, 5) is 74.0. The molecular weight excluding hydrogens is 691 g/mol. The number of rotatable bonds is 12. The quantitative estimate of drug-likeness (QED) is 0.286. The summed E-state index contributed by atoms with van der Waals surface area (Å²) >= 11 is 0. The van der Waals surface area contributed by atoms with Crippen LogP contribution in [-0.2, 0) is 30.4 Å². The fourth-order valence-corrected chi connectivity index (χ4v) is 6.21. The Hall–Kier alpha value is -2.49. The lowest BCUT2D eigenvalue weighted by Crippen LogP contribution is -2.62. The van der Waals surface area contributed by atoms with Gasteiger partial charge < -0.3 is 25.7 Å². The van der Waals surface area contributed by atoms with Crippen LogP contribution in [0.2, 0.25) is 0 Å². The number of carbonyl (C=O) groups is 5. The molecule has 4 rings (SSSR count). The number of carbonyl (C=O) groups excluding carboxylic acids is 5. The molecule has 3 heterocycles. The Kier molecular flexibility index (Phi) is 20.4. The lowest BCUT2D eigenvalue weighted by Gasteiger charge is -2.34. The maximum atomic E-state index is 14.0. The predicted octanol–water partition coefficient (Wildman–Crippen LogP) is 3.13. The zero-order valence-electron chi connectivity index (χ0n) is 28.4. The minimum Gasteiger partial charge on any atom is -0.417 e. The summed E-state index contributed by atoms with van der Waals surface area (Å²) in [5, 5.41) is 9.69.